The van der Waals surface area contributed by atoms with Crippen LogP contribution in [0.4, 0.5) is 5.69 Å². The molecule has 1 fully saturated rings. The zero-order valence-electron chi connectivity index (χ0n) is 16.6. The fraction of sp³-hybridized carbons (Fsp3) is 0.474. The number of carboxylic acids is 1. The molecule has 2 aromatic rings. The number of rotatable bonds is 8. The Labute approximate surface area is 178 Å². The maximum atomic E-state index is 12.6. The number of hydrogen-bond acceptors (Lipinski definition) is 7. The molecule has 0 radical (unpaired) electrons. The number of carboxylic acid groups (broad SMARTS) is 1. The summed E-state index contributed by atoms with van der Waals surface area (Å²) in [5.74, 6) is -3.25. The Balaban J connectivity index is 1.67. The summed E-state index contributed by atoms with van der Waals surface area (Å²) >= 11 is 1.55. The van der Waals surface area contributed by atoms with Gasteiger partial charge in [-0.3, -0.25) is 9.59 Å². The highest BCUT2D eigenvalue weighted by atomic mass is 32.2. The summed E-state index contributed by atoms with van der Waals surface area (Å²) in [5.41, 5.74) is 1.41. The molecule has 2 atom stereocenters. The number of hydrogen-bond donors (Lipinski definition) is 2. The minimum atomic E-state index is -3.35. The Bertz CT molecular complexity index is 1090. The molecule has 2 amide bonds. The number of carbonyl (C=O) groups excluding carboxylic acids is 2. The van der Waals surface area contributed by atoms with Crippen molar-refractivity contribution in [2.24, 2.45) is 5.92 Å². The number of thiazole rings is 1. The monoisotopic (exact) mass is 453 g/mol. The van der Waals surface area contributed by atoms with Gasteiger partial charge in [0, 0.05) is 24.4 Å². The topological polar surface area (TPSA) is 134 Å². The molecule has 0 aliphatic carbocycles. The lowest BCUT2D eigenvalue weighted by Gasteiger charge is -2.18. The molecule has 2 heterocycles. The maximum absolute atomic E-state index is 12.6. The smallest absolute Gasteiger partial charge is 0.326 e. The molecule has 2 N–H and O–H groups in total. The number of amides is 2. The van der Waals surface area contributed by atoms with Crippen molar-refractivity contribution in [1.29, 1.82) is 0 Å². The molecule has 30 heavy (non-hydrogen) atoms. The number of aliphatic carboxylic acids is 1. The molecule has 0 bridgehead atoms. The molecule has 162 valence electrons. The molecule has 3 rings (SSSR count). The number of benzene rings is 1. The van der Waals surface area contributed by atoms with E-state index in [1.807, 2.05) is 13.0 Å². The van der Waals surface area contributed by atoms with Gasteiger partial charge in [0.15, 0.2) is 0 Å². The minimum absolute atomic E-state index is 0.0421. The van der Waals surface area contributed by atoms with Crippen molar-refractivity contribution >= 4 is 54.9 Å². The van der Waals surface area contributed by atoms with Crippen LogP contribution in [0.2, 0.25) is 0 Å². The molecule has 1 saturated heterocycles. The zero-order chi connectivity index (χ0) is 22.1. The first-order chi connectivity index (χ1) is 14.1. The molecule has 0 spiro atoms. The Kier molecular flexibility index (Phi) is 6.41. The second-order valence-corrected chi connectivity index (χ2v) is 10.9. The van der Waals surface area contributed by atoms with Crippen LogP contribution < -0.4 is 10.2 Å². The third kappa shape index (κ3) is 4.96. The van der Waals surface area contributed by atoms with E-state index in [4.69, 9.17) is 0 Å². The summed E-state index contributed by atoms with van der Waals surface area (Å²) in [6, 6.07) is 4.16. The van der Waals surface area contributed by atoms with E-state index in [0.29, 0.717) is 5.69 Å². The predicted molar refractivity (Wildman–Crippen MR) is 113 cm³/mol. The van der Waals surface area contributed by atoms with Crippen molar-refractivity contribution in [1.82, 2.24) is 10.3 Å². The highest BCUT2D eigenvalue weighted by Crippen LogP contribution is 2.30. The highest BCUT2D eigenvalue weighted by Gasteiger charge is 2.37. The summed E-state index contributed by atoms with van der Waals surface area (Å²) < 4.78 is 24.3. The average molecular weight is 454 g/mol. The number of sulfone groups is 1. The van der Waals surface area contributed by atoms with Gasteiger partial charge < -0.3 is 15.3 Å². The highest BCUT2D eigenvalue weighted by molar-refractivity contribution is 7.91. The van der Waals surface area contributed by atoms with E-state index >= 15 is 0 Å². The number of nitrogens with zero attached hydrogens (tertiary/aromatic N) is 2. The van der Waals surface area contributed by atoms with Gasteiger partial charge in [-0.1, -0.05) is 6.92 Å². The summed E-state index contributed by atoms with van der Waals surface area (Å²) in [6.45, 7) is 3.50. The molecular formula is C19H23N3O6S2. The van der Waals surface area contributed by atoms with Crippen LogP contribution in [-0.2, 0) is 24.2 Å². The summed E-state index contributed by atoms with van der Waals surface area (Å²) in [4.78, 5) is 42.4. The number of aromatic nitrogens is 1. The fourth-order valence-electron chi connectivity index (χ4n) is 3.32. The van der Waals surface area contributed by atoms with Crippen LogP contribution in [0.15, 0.2) is 18.2 Å². The Hall–Kier alpha value is -2.53. The normalized spacial score (nSPS) is 18.0. The Morgan fingerprint density at radius 2 is 2.13 bits per heavy atom. The number of fused-ring (bicyclic) bond motifs is 1. The van der Waals surface area contributed by atoms with Crippen molar-refractivity contribution in [2.75, 3.05) is 23.0 Å². The SMILES string of the molecule is CCS(=O)(=O)CCC(NC(=O)C1CC(=O)N(c2ccc3sc(C)nc3c2)C1)C(=O)O. The number of carbonyl (C=O) groups is 3. The van der Waals surface area contributed by atoms with Gasteiger partial charge in [-0.2, -0.15) is 0 Å². The molecule has 1 aliphatic heterocycles. The van der Waals surface area contributed by atoms with Crippen LogP contribution in [0.5, 0.6) is 0 Å². The maximum Gasteiger partial charge on any atom is 0.326 e. The minimum Gasteiger partial charge on any atom is -0.480 e. The van der Waals surface area contributed by atoms with Crippen molar-refractivity contribution in [2.45, 2.75) is 32.7 Å². The van der Waals surface area contributed by atoms with E-state index in [0.717, 1.165) is 15.2 Å². The van der Waals surface area contributed by atoms with Gasteiger partial charge in [-0.25, -0.2) is 18.2 Å². The predicted octanol–water partition coefficient (Wildman–Crippen LogP) is 1.35. The molecule has 1 aromatic carbocycles. The van der Waals surface area contributed by atoms with Gasteiger partial charge in [0.25, 0.3) is 0 Å². The lowest BCUT2D eigenvalue weighted by Crippen LogP contribution is -2.45. The van der Waals surface area contributed by atoms with Crippen LogP contribution in [0, 0.1) is 12.8 Å². The van der Waals surface area contributed by atoms with Crippen LogP contribution in [0.3, 0.4) is 0 Å². The second-order valence-electron chi connectivity index (χ2n) is 7.21. The Morgan fingerprint density at radius 3 is 2.80 bits per heavy atom. The van der Waals surface area contributed by atoms with Crippen LogP contribution >= 0.6 is 11.3 Å². The van der Waals surface area contributed by atoms with E-state index < -0.39 is 33.7 Å². The van der Waals surface area contributed by atoms with E-state index in [-0.39, 0.29) is 36.8 Å². The second kappa shape index (κ2) is 8.68. The van der Waals surface area contributed by atoms with E-state index in [1.54, 1.807) is 23.5 Å². The van der Waals surface area contributed by atoms with Gasteiger partial charge in [0.1, 0.15) is 15.9 Å². The van der Waals surface area contributed by atoms with Crippen LogP contribution in [0.1, 0.15) is 24.8 Å². The number of anilines is 1. The zero-order valence-corrected chi connectivity index (χ0v) is 18.3. The van der Waals surface area contributed by atoms with Crippen LogP contribution in [0.25, 0.3) is 10.2 Å². The Morgan fingerprint density at radius 1 is 1.40 bits per heavy atom. The summed E-state index contributed by atoms with van der Waals surface area (Å²) in [6.07, 6.45) is -0.263. The van der Waals surface area contributed by atoms with Gasteiger partial charge in [0.05, 0.1) is 26.9 Å². The molecule has 9 nitrogen and oxygen atoms in total. The standard InChI is InChI=1S/C19H23N3O6S2/c1-3-30(27,28)7-6-14(19(25)26)21-18(24)12-8-17(23)22(10-12)13-4-5-16-15(9-13)20-11(2)29-16/h4-5,9,12,14H,3,6-8,10H2,1-2H3,(H,21,24)(H,25,26). The number of nitrogens with one attached hydrogen (secondary N) is 1. The first kappa shape index (κ1) is 22.2. The number of aryl methyl sites for hydroxylation is 1. The lowest BCUT2D eigenvalue weighted by atomic mass is 10.1. The molecule has 11 heteroatoms. The first-order valence-corrected chi connectivity index (χ1v) is 12.1. The van der Waals surface area contributed by atoms with Gasteiger partial charge in [0.2, 0.25) is 11.8 Å². The third-order valence-electron chi connectivity index (χ3n) is 5.06. The first-order valence-electron chi connectivity index (χ1n) is 9.51. The largest absolute Gasteiger partial charge is 0.480 e. The van der Waals surface area contributed by atoms with Gasteiger partial charge >= 0.3 is 5.97 Å². The molecule has 1 aromatic heterocycles. The average Bonchev–Trinajstić information content (AvgIpc) is 3.25. The quantitative estimate of drug-likeness (QED) is 0.616. The van der Waals surface area contributed by atoms with Gasteiger partial charge in [-0.15, -0.1) is 11.3 Å². The molecular weight excluding hydrogens is 430 g/mol. The summed E-state index contributed by atoms with van der Waals surface area (Å²) in [5, 5.41) is 12.6. The third-order valence-corrected chi connectivity index (χ3v) is 7.75. The van der Waals surface area contributed by atoms with Crippen molar-refractivity contribution in [3.05, 3.63) is 23.2 Å². The fourth-order valence-corrected chi connectivity index (χ4v) is 5.01. The van der Waals surface area contributed by atoms with Crippen molar-refractivity contribution in [3.8, 4) is 0 Å². The lowest BCUT2D eigenvalue weighted by molar-refractivity contribution is -0.142. The molecule has 2 unspecified atom stereocenters. The van der Waals surface area contributed by atoms with Crippen molar-refractivity contribution in [3.63, 3.8) is 0 Å². The van der Waals surface area contributed by atoms with E-state index in [1.165, 1.54) is 11.8 Å². The van der Waals surface area contributed by atoms with Crippen molar-refractivity contribution < 1.29 is 27.9 Å². The van der Waals surface area contributed by atoms with E-state index in [9.17, 15) is 27.9 Å². The molecule has 1 aliphatic rings. The van der Waals surface area contributed by atoms with Crippen LogP contribution in [-0.4, -0.2) is 60.4 Å². The van der Waals surface area contributed by atoms with E-state index in [2.05, 4.69) is 10.3 Å². The molecule has 0 saturated carbocycles. The van der Waals surface area contributed by atoms with Gasteiger partial charge in [-0.05, 0) is 31.5 Å². The summed E-state index contributed by atoms with van der Waals surface area (Å²) in [7, 11) is -3.35.